The van der Waals surface area contributed by atoms with Gasteiger partial charge in [0.2, 0.25) is 15.7 Å². The van der Waals surface area contributed by atoms with Crippen molar-refractivity contribution in [2.45, 2.75) is 9.79 Å². The number of hydrogen-bond donors (Lipinski definition) is 1. The van der Waals surface area contributed by atoms with E-state index in [0.29, 0.717) is 22.1 Å². The molecular weight excluding hydrogens is 384 g/mol. The Labute approximate surface area is 162 Å². The van der Waals surface area contributed by atoms with Crippen LogP contribution in [0.5, 0.6) is 0 Å². The van der Waals surface area contributed by atoms with Crippen LogP contribution in [-0.4, -0.2) is 20.9 Å². The Morgan fingerprint density at radius 1 is 0.852 bits per heavy atom. The highest BCUT2D eigenvalue weighted by molar-refractivity contribution is 7.92. The summed E-state index contributed by atoms with van der Waals surface area (Å²) in [7, 11) is -3.62. The monoisotopic (exact) mass is 398 g/mol. The lowest BCUT2D eigenvalue weighted by Crippen LogP contribution is -2.33. The second-order valence-electron chi connectivity index (χ2n) is 6.08. The van der Waals surface area contributed by atoms with Crippen molar-refractivity contribution >= 4 is 44.4 Å². The van der Waals surface area contributed by atoms with Crippen molar-refractivity contribution in [1.29, 1.82) is 0 Å². The number of amides is 1. The first-order valence-corrected chi connectivity index (χ1v) is 10.1. The molecule has 0 atom stereocenters. The van der Waals surface area contributed by atoms with Crippen LogP contribution in [0.3, 0.4) is 0 Å². The molecule has 0 saturated heterocycles. The Morgan fingerprint density at radius 2 is 1.37 bits per heavy atom. The van der Waals surface area contributed by atoms with Crippen LogP contribution in [0.4, 0.5) is 17.1 Å². The highest BCUT2D eigenvalue weighted by Crippen LogP contribution is 2.43. The van der Waals surface area contributed by atoms with E-state index in [1.165, 1.54) is 0 Å². The molecule has 3 aromatic carbocycles. The Morgan fingerprint density at radius 3 is 1.93 bits per heavy atom. The Bertz CT molecular complexity index is 1070. The van der Waals surface area contributed by atoms with Gasteiger partial charge in [-0.05, 0) is 48.5 Å². The molecule has 0 aromatic heterocycles. The topological polar surface area (TPSA) is 66.5 Å². The van der Waals surface area contributed by atoms with Gasteiger partial charge < -0.3 is 10.2 Å². The summed E-state index contributed by atoms with van der Waals surface area (Å²) in [5, 5.41) is 3.39. The van der Waals surface area contributed by atoms with Crippen LogP contribution in [0.25, 0.3) is 0 Å². The van der Waals surface area contributed by atoms with Gasteiger partial charge in [0.05, 0.1) is 21.2 Å². The summed E-state index contributed by atoms with van der Waals surface area (Å²) in [5.74, 6) is -0.263. The average molecular weight is 399 g/mol. The van der Waals surface area contributed by atoms with Crippen LogP contribution in [0, 0.1) is 0 Å². The zero-order valence-electron chi connectivity index (χ0n) is 14.1. The quantitative estimate of drug-likeness (QED) is 0.715. The number of carbonyl (C=O) groups excluding carboxylic acids is 1. The first kappa shape index (κ1) is 17.6. The van der Waals surface area contributed by atoms with Gasteiger partial charge in [0.1, 0.15) is 6.54 Å². The number of rotatable bonds is 3. The molecule has 3 aromatic rings. The Kier molecular flexibility index (Phi) is 4.37. The third-order valence-electron chi connectivity index (χ3n) is 4.32. The normalized spacial score (nSPS) is 14.2. The highest BCUT2D eigenvalue weighted by Gasteiger charge is 2.34. The zero-order valence-corrected chi connectivity index (χ0v) is 15.7. The zero-order chi connectivity index (χ0) is 19.0. The average Bonchev–Trinajstić information content (AvgIpc) is 2.67. The largest absolute Gasteiger partial charge is 0.330 e. The van der Waals surface area contributed by atoms with Crippen LogP contribution in [0.2, 0.25) is 5.02 Å². The first-order chi connectivity index (χ1) is 13.0. The molecule has 27 heavy (non-hydrogen) atoms. The van der Waals surface area contributed by atoms with E-state index in [9.17, 15) is 13.2 Å². The van der Waals surface area contributed by atoms with Crippen molar-refractivity contribution in [1.82, 2.24) is 0 Å². The minimum absolute atomic E-state index is 0.0217. The molecule has 0 aliphatic carbocycles. The lowest BCUT2D eigenvalue weighted by Gasteiger charge is -2.32. The number of hydrogen-bond acceptors (Lipinski definition) is 4. The van der Waals surface area contributed by atoms with Crippen LogP contribution in [0.1, 0.15) is 0 Å². The molecule has 0 fully saturated rings. The molecule has 1 N–H and O–H groups in total. The number of benzene rings is 3. The third kappa shape index (κ3) is 3.18. The van der Waals surface area contributed by atoms with Crippen molar-refractivity contribution < 1.29 is 13.2 Å². The predicted octanol–water partition coefficient (Wildman–Crippen LogP) is 4.26. The lowest BCUT2D eigenvalue weighted by molar-refractivity contribution is -0.114. The minimum atomic E-state index is -3.62. The Balaban J connectivity index is 1.71. The van der Waals surface area contributed by atoms with E-state index >= 15 is 0 Å². The van der Waals surface area contributed by atoms with E-state index in [-0.39, 0.29) is 22.2 Å². The first-order valence-electron chi connectivity index (χ1n) is 8.23. The number of carbonyl (C=O) groups is 1. The fourth-order valence-electron chi connectivity index (χ4n) is 3.11. The van der Waals surface area contributed by atoms with E-state index < -0.39 is 9.84 Å². The molecule has 1 heterocycles. The number of halogens is 1. The molecule has 1 aliphatic rings. The molecule has 0 unspecified atom stereocenters. The number of para-hydroxylation sites is 2. The molecular formula is C20H15ClN2O3S. The number of anilines is 3. The van der Waals surface area contributed by atoms with Gasteiger partial charge in [-0.3, -0.25) is 4.79 Å². The fraction of sp³-hybridized carbons (Fsp3) is 0.0500. The van der Waals surface area contributed by atoms with E-state index in [1.54, 1.807) is 77.7 Å². The van der Waals surface area contributed by atoms with Gasteiger partial charge in [-0.15, -0.1) is 0 Å². The maximum atomic E-state index is 12.9. The molecule has 0 spiro atoms. The molecule has 1 aliphatic heterocycles. The van der Waals surface area contributed by atoms with Crippen molar-refractivity contribution in [2.75, 3.05) is 16.8 Å². The van der Waals surface area contributed by atoms with Gasteiger partial charge in [0.25, 0.3) is 0 Å². The van der Waals surface area contributed by atoms with E-state index in [2.05, 4.69) is 5.32 Å². The molecule has 7 heteroatoms. The summed E-state index contributed by atoms with van der Waals surface area (Å²) in [6.45, 7) is -0.0217. The predicted molar refractivity (Wildman–Crippen MR) is 105 cm³/mol. The summed E-state index contributed by atoms with van der Waals surface area (Å²) in [5.41, 5.74) is 1.60. The number of nitrogens with zero attached hydrogens (tertiary/aromatic N) is 1. The molecule has 0 radical (unpaired) electrons. The minimum Gasteiger partial charge on any atom is -0.330 e. The van der Waals surface area contributed by atoms with E-state index in [1.807, 2.05) is 0 Å². The number of sulfone groups is 1. The summed E-state index contributed by atoms with van der Waals surface area (Å²) in [4.78, 5) is 14.7. The van der Waals surface area contributed by atoms with E-state index in [4.69, 9.17) is 11.6 Å². The van der Waals surface area contributed by atoms with Gasteiger partial charge in [-0.2, -0.15) is 0 Å². The number of nitrogens with one attached hydrogen (secondary N) is 1. The SMILES string of the molecule is O=C(CN1c2ccccc2S(=O)(=O)c2ccccc21)Nc1ccc(Cl)cc1. The Hall–Kier alpha value is -2.83. The second kappa shape index (κ2) is 6.72. The van der Waals surface area contributed by atoms with Crippen LogP contribution in [-0.2, 0) is 14.6 Å². The smallest absolute Gasteiger partial charge is 0.244 e. The molecule has 4 rings (SSSR count). The van der Waals surface area contributed by atoms with Crippen molar-refractivity contribution in [3.8, 4) is 0 Å². The summed E-state index contributed by atoms with van der Waals surface area (Å²) in [6, 6.07) is 20.2. The molecule has 136 valence electrons. The standard InChI is InChI=1S/C20H15ClN2O3S/c21-14-9-11-15(12-10-14)22-20(24)13-23-16-5-1-3-7-18(16)27(25,26)19-8-4-2-6-17(19)23/h1-12H,13H2,(H,22,24). The number of fused-ring (bicyclic) bond motifs is 2. The van der Waals surface area contributed by atoms with Crippen molar-refractivity contribution in [3.05, 3.63) is 77.8 Å². The van der Waals surface area contributed by atoms with E-state index in [0.717, 1.165) is 0 Å². The third-order valence-corrected chi connectivity index (χ3v) is 6.42. The van der Waals surface area contributed by atoms with Gasteiger partial charge in [-0.1, -0.05) is 35.9 Å². The summed E-state index contributed by atoms with van der Waals surface area (Å²) >= 11 is 5.87. The molecule has 1 amide bonds. The van der Waals surface area contributed by atoms with Gasteiger partial charge in [0.15, 0.2) is 0 Å². The summed E-state index contributed by atoms with van der Waals surface area (Å²) < 4.78 is 25.8. The highest BCUT2D eigenvalue weighted by atomic mass is 35.5. The maximum absolute atomic E-state index is 12.9. The van der Waals surface area contributed by atoms with Crippen molar-refractivity contribution in [2.24, 2.45) is 0 Å². The molecule has 0 bridgehead atoms. The van der Waals surface area contributed by atoms with Crippen molar-refractivity contribution in [3.63, 3.8) is 0 Å². The van der Waals surface area contributed by atoms with Gasteiger partial charge in [0, 0.05) is 10.7 Å². The van der Waals surface area contributed by atoms with Gasteiger partial charge in [-0.25, -0.2) is 8.42 Å². The maximum Gasteiger partial charge on any atom is 0.244 e. The summed E-state index contributed by atoms with van der Waals surface area (Å²) in [6.07, 6.45) is 0. The molecule has 0 saturated carbocycles. The van der Waals surface area contributed by atoms with Gasteiger partial charge >= 0.3 is 0 Å². The van der Waals surface area contributed by atoms with Crippen LogP contribution >= 0.6 is 11.6 Å². The van der Waals surface area contributed by atoms with Crippen LogP contribution in [0.15, 0.2) is 82.6 Å². The fourth-order valence-corrected chi connectivity index (χ4v) is 4.90. The second-order valence-corrected chi connectivity index (χ2v) is 8.40. The lowest BCUT2D eigenvalue weighted by atomic mass is 10.2. The molecule has 5 nitrogen and oxygen atoms in total. The van der Waals surface area contributed by atoms with Crippen LogP contribution < -0.4 is 10.2 Å².